The molecule has 0 unspecified atom stereocenters. The number of halogens is 1. The number of nitrogens with zero attached hydrogens (tertiary/aromatic N) is 1. The van der Waals surface area contributed by atoms with E-state index in [4.69, 9.17) is 5.73 Å². The van der Waals surface area contributed by atoms with E-state index in [0.717, 1.165) is 32.0 Å². The maximum atomic E-state index is 13.0. The smallest absolute Gasteiger partial charge is 0.253 e. The van der Waals surface area contributed by atoms with Crippen molar-refractivity contribution in [3.63, 3.8) is 0 Å². The molecule has 0 atom stereocenters. The first kappa shape index (κ1) is 13.3. The Morgan fingerprint density at radius 2 is 2.00 bits per heavy atom. The molecule has 1 aromatic rings. The van der Waals surface area contributed by atoms with Crippen LogP contribution in [0.15, 0.2) is 18.2 Å². The average Bonchev–Trinajstić information content (AvgIpc) is 2.92. The monoisotopic (exact) mass is 265 g/mol. The minimum absolute atomic E-state index is 0.0502. The van der Waals surface area contributed by atoms with Crippen LogP contribution < -0.4 is 11.1 Å². The van der Waals surface area contributed by atoms with Crippen LogP contribution in [0.3, 0.4) is 0 Å². The lowest BCUT2D eigenvalue weighted by Gasteiger charge is -2.15. The number of anilines is 1. The Morgan fingerprint density at radius 3 is 2.68 bits per heavy atom. The maximum Gasteiger partial charge on any atom is 0.253 e. The molecule has 0 bridgehead atoms. The van der Waals surface area contributed by atoms with E-state index in [-0.39, 0.29) is 23.7 Å². The minimum Gasteiger partial charge on any atom is -0.398 e. The lowest BCUT2D eigenvalue weighted by Crippen LogP contribution is -2.38. The van der Waals surface area contributed by atoms with Crippen LogP contribution in [-0.2, 0) is 4.79 Å². The highest BCUT2D eigenvalue weighted by molar-refractivity contribution is 6.00. The second-order valence-corrected chi connectivity index (χ2v) is 4.50. The van der Waals surface area contributed by atoms with E-state index in [0.29, 0.717) is 0 Å². The number of carbonyl (C=O) groups excluding carboxylic acids is 2. The first-order valence-corrected chi connectivity index (χ1v) is 6.19. The van der Waals surface area contributed by atoms with Crippen LogP contribution in [0.5, 0.6) is 0 Å². The van der Waals surface area contributed by atoms with Gasteiger partial charge in [-0.25, -0.2) is 4.39 Å². The molecule has 1 aliphatic heterocycles. The predicted octanol–water partition coefficient (Wildman–Crippen LogP) is 0.760. The molecule has 0 radical (unpaired) electrons. The second-order valence-electron chi connectivity index (χ2n) is 4.50. The molecular weight excluding hydrogens is 249 g/mol. The van der Waals surface area contributed by atoms with Gasteiger partial charge in [-0.05, 0) is 31.0 Å². The lowest BCUT2D eigenvalue weighted by molar-refractivity contribution is -0.129. The molecule has 2 rings (SSSR count). The molecule has 102 valence electrons. The molecule has 1 saturated heterocycles. The van der Waals surface area contributed by atoms with E-state index in [9.17, 15) is 14.0 Å². The molecule has 5 nitrogen and oxygen atoms in total. The zero-order valence-electron chi connectivity index (χ0n) is 10.5. The Morgan fingerprint density at radius 1 is 1.32 bits per heavy atom. The molecule has 2 amide bonds. The molecule has 6 heteroatoms. The molecule has 1 fully saturated rings. The van der Waals surface area contributed by atoms with Gasteiger partial charge in [0.1, 0.15) is 5.82 Å². The van der Waals surface area contributed by atoms with E-state index in [1.54, 1.807) is 4.90 Å². The minimum atomic E-state index is -0.537. The van der Waals surface area contributed by atoms with Crippen molar-refractivity contribution in [3.05, 3.63) is 29.6 Å². The lowest BCUT2D eigenvalue weighted by atomic mass is 10.1. The summed E-state index contributed by atoms with van der Waals surface area (Å²) in [5.74, 6) is -1.20. The van der Waals surface area contributed by atoms with Gasteiger partial charge in [-0.2, -0.15) is 0 Å². The Labute approximate surface area is 110 Å². The van der Waals surface area contributed by atoms with Crippen LogP contribution in [0.4, 0.5) is 10.1 Å². The number of hydrogen-bond acceptors (Lipinski definition) is 3. The molecule has 0 aromatic heterocycles. The van der Waals surface area contributed by atoms with Crippen LogP contribution in [0.25, 0.3) is 0 Å². The number of nitrogens with two attached hydrogens (primary N) is 1. The van der Waals surface area contributed by atoms with E-state index in [1.165, 1.54) is 12.1 Å². The first-order valence-electron chi connectivity index (χ1n) is 6.19. The van der Waals surface area contributed by atoms with Crippen LogP contribution >= 0.6 is 0 Å². The van der Waals surface area contributed by atoms with Gasteiger partial charge in [0, 0.05) is 18.8 Å². The summed E-state index contributed by atoms with van der Waals surface area (Å²) in [6.07, 6.45) is 1.99. The quantitative estimate of drug-likeness (QED) is 0.792. The van der Waals surface area contributed by atoms with Crippen molar-refractivity contribution in [3.8, 4) is 0 Å². The molecule has 0 spiro atoms. The highest BCUT2D eigenvalue weighted by Gasteiger charge is 2.19. The summed E-state index contributed by atoms with van der Waals surface area (Å²) in [7, 11) is 0. The van der Waals surface area contributed by atoms with Crippen molar-refractivity contribution < 1.29 is 14.0 Å². The third-order valence-electron chi connectivity index (χ3n) is 3.12. The number of carbonyl (C=O) groups is 2. The summed E-state index contributed by atoms with van der Waals surface area (Å²) in [6.45, 7) is 1.38. The number of nitrogen functional groups attached to an aromatic ring is 1. The third kappa shape index (κ3) is 3.21. The van der Waals surface area contributed by atoms with Crippen LogP contribution in [0, 0.1) is 5.82 Å². The summed E-state index contributed by atoms with van der Waals surface area (Å²) < 4.78 is 13.0. The summed E-state index contributed by atoms with van der Waals surface area (Å²) in [4.78, 5) is 25.3. The summed E-state index contributed by atoms with van der Waals surface area (Å²) >= 11 is 0. The summed E-state index contributed by atoms with van der Waals surface area (Å²) in [5.41, 5.74) is 5.83. The number of amides is 2. The van der Waals surface area contributed by atoms with Gasteiger partial charge in [-0.3, -0.25) is 9.59 Å². The van der Waals surface area contributed by atoms with Gasteiger partial charge in [-0.1, -0.05) is 0 Å². The first-order chi connectivity index (χ1) is 9.08. The van der Waals surface area contributed by atoms with Gasteiger partial charge < -0.3 is 16.0 Å². The van der Waals surface area contributed by atoms with E-state index >= 15 is 0 Å². The molecule has 1 aliphatic rings. The Balaban J connectivity index is 1.93. The second kappa shape index (κ2) is 5.69. The van der Waals surface area contributed by atoms with Crippen LogP contribution in [0.1, 0.15) is 23.2 Å². The Hall–Kier alpha value is -2.11. The van der Waals surface area contributed by atoms with Crippen molar-refractivity contribution >= 4 is 17.5 Å². The van der Waals surface area contributed by atoms with E-state index in [1.807, 2.05) is 0 Å². The Bertz CT molecular complexity index is 499. The third-order valence-corrected chi connectivity index (χ3v) is 3.12. The van der Waals surface area contributed by atoms with Crippen LogP contribution in [-0.4, -0.2) is 36.3 Å². The maximum absolute atomic E-state index is 13.0. The number of likely N-dealkylation sites (tertiary alicyclic amines) is 1. The van der Waals surface area contributed by atoms with Crippen molar-refractivity contribution in [2.24, 2.45) is 0 Å². The summed E-state index contributed by atoms with van der Waals surface area (Å²) in [6, 6.07) is 3.57. The van der Waals surface area contributed by atoms with Gasteiger partial charge >= 0.3 is 0 Å². The standard InChI is InChI=1S/C13H16FN3O2/c14-9-3-4-11(15)10(7-9)13(19)16-8-12(18)17-5-1-2-6-17/h3-4,7H,1-2,5-6,8,15H2,(H,16,19). The van der Waals surface area contributed by atoms with Crippen molar-refractivity contribution in [1.82, 2.24) is 10.2 Å². The predicted molar refractivity (Wildman–Crippen MR) is 69.0 cm³/mol. The van der Waals surface area contributed by atoms with Crippen molar-refractivity contribution in [2.45, 2.75) is 12.8 Å². The number of rotatable bonds is 3. The zero-order valence-corrected chi connectivity index (χ0v) is 10.5. The van der Waals surface area contributed by atoms with E-state index in [2.05, 4.69) is 5.32 Å². The fourth-order valence-electron chi connectivity index (χ4n) is 2.05. The SMILES string of the molecule is Nc1ccc(F)cc1C(=O)NCC(=O)N1CCCC1. The highest BCUT2D eigenvalue weighted by Crippen LogP contribution is 2.13. The fraction of sp³-hybridized carbons (Fsp3) is 0.385. The number of benzene rings is 1. The molecule has 3 N–H and O–H groups in total. The molecule has 1 aromatic carbocycles. The van der Waals surface area contributed by atoms with Gasteiger partial charge in [-0.15, -0.1) is 0 Å². The van der Waals surface area contributed by atoms with Crippen molar-refractivity contribution in [2.75, 3.05) is 25.4 Å². The molecule has 19 heavy (non-hydrogen) atoms. The fourth-order valence-corrected chi connectivity index (χ4v) is 2.05. The van der Waals surface area contributed by atoms with Crippen LogP contribution in [0.2, 0.25) is 0 Å². The topological polar surface area (TPSA) is 75.4 Å². The number of nitrogens with one attached hydrogen (secondary N) is 1. The molecule has 0 saturated carbocycles. The normalized spacial score (nSPS) is 14.5. The van der Waals surface area contributed by atoms with Gasteiger partial charge in [0.25, 0.3) is 5.91 Å². The highest BCUT2D eigenvalue weighted by atomic mass is 19.1. The van der Waals surface area contributed by atoms with Gasteiger partial charge in [0.15, 0.2) is 0 Å². The zero-order chi connectivity index (χ0) is 13.8. The Kier molecular flexibility index (Phi) is 3.99. The largest absolute Gasteiger partial charge is 0.398 e. The van der Waals surface area contributed by atoms with Crippen molar-refractivity contribution in [1.29, 1.82) is 0 Å². The molecular formula is C13H16FN3O2. The van der Waals surface area contributed by atoms with Gasteiger partial charge in [0.05, 0.1) is 12.1 Å². The molecule has 1 heterocycles. The average molecular weight is 265 g/mol. The van der Waals surface area contributed by atoms with Gasteiger partial charge in [0.2, 0.25) is 5.91 Å². The summed E-state index contributed by atoms with van der Waals surface area (Å²) in [5, 5.41) is 2.47. The number of hydrogen-bond donors (Lipinski definition) is 2. The molecule has 0 aliphatic carbocycles. The van der Waals surface area contributed by atoms with E-state index < -0.39 is 11.7 Å².